The Kier molecular flexibility index (Phi) is 6.26. The average molecular weight is 516 g/mol. The zero-order valence-corrected chi connectivity index (χ0v) is 20.3. The van der Waals surface area contributed by atoms with Gasteiger partial charge in [0.05, 0.1) is 11.6 Å². The first-order chi connectivity index (χ1) is 16.8. The highest BCUT2D eigenvalue weighted by atomic mass is 32.2. The highest BCUT2D eigenvalue weighted by Crippen LogP contribution is 2.32. The zero-order chi connectivity index (χ0) is 24.6. The minimum atomic E-state index is -4.31. The van der Waals surface area contributed by atoms with E-state index >= 15 is 4.39 Å². The van der Waals surface area contributed by atoms with Crippen molar-refractivity contribution in [1.82, 2.24) is 19.2 Å². The Hall–Kier alpha value is -3.35. The lowest BCUT2D eigenvalue weighted by Gasteiger charge is -2.19. The van der Waals surface area contributed by atoms with E-state index in [1.54, 1.807) is 0 Å². The summed E-state index contributed by atoms with van der Waals surface area (Å²) in [4.78, 5) is 16.0. The molecule has 5 rings (SSSR count). The van der Waals surface area contributed by atoms with Crippen LogP contribution in [0.5, 0.6) is 0 Å². The van der Waals surface area contributed by atoms with Gasteiger partial charge in [0.2, 0.25) is 5.13 Å². The monoisotopic (exact) mass is 515 g/mol. The van der Waals surface area contributed by atoms with Crippen LogP contribution in [-0.4, -0.2) is 35.4 Å². The second kappa shape index (κ2) is 9.36. The quantitative estimate of drug-likeness (QED) is 0.401. The molecule has 2 aromatic carbocycles. The third-order valence-corrected chi connectivity index (χ3v) is 8.04. The molecule has 0 saturated heterocycles. The number of allylic oxidation sites excluding steroid dienone is 1. The van der Waals surface area contributed by atoms with E-state index in [0.29, 0.717) is 0 Å². The Bertz CT molecular complexity index is 1580. The average Bonchev–Trinajstić information content (AvgIpc) is 3.34. The summed E-state index contributed by atoms with van der Waals surface area (Å²) < 4.78 is 53.1. The molecule has 0 fully saturated rings. The van der Waals surface area contributed by atoms with Gasteiger partial charge in [-0.1, -0.05) is 30.3 Å². The Labute approximate surface area is 204 Å². The molecule has 3 heterocycles. The highest BCUT2D eigenvalue weighted by Gasteiger charge is 2.26. The van der Waals surface area contributed by atoms with Crippen LogP contribution in [0.15, 0.2) is 62.9 Å². The second-order valence-electron chi connectivity index (χ2n) is 8.14. The van der Waals surface area contributed by atoms with Crippen molar-refractivity contribution in [3.8, 4) is 0 Å². The molecule has 2 N–H and O–H groups in total. The zero-order valence-electron chi connectivity index (χ0n) is 18.7. The first-order valence-electron chi connectivity index (χ1n) is 11.0. The summed E-state index contributed by atoms with van der Waals surface area (Å²) in [5.41, 5.74) is 3.23. The molecule has 0 spiro atoms. The van der Waals surface area contributed by atoms with E-state index in [4.69, 9.17) is 4.42 Å². The third-order valence-electron chi connectivity index (χ3n) is 5.98. The molecule has 0 radical (unpaired) electrons. The van der Waals surface area contributed by atoms with E-state index in [2.05, 4.69) is 25.5 Å². The van der Waals surface area contributed by atoms with Crippen molar-refractivity contribution >= 4 is 43.4 Å². The van der Waals surface area contributed by atoms with E-state index in [1.807, 2.05) is 31.2 Å². The van der Waals surface area contributed by atoms with E-state index in [-0.39, 0.29) is 16.2 Å². The molecule has 1 aliphatic heterocycles. The maximum atomic E-state index is 15.1. The molecule has 0 aliphatic carbocycles. The van der Waals surface area contributed by atoms with Crippen LogP contribution >= 0.6 is 11.5 Å². The number of nitrogens with zero attached hydrogens (tertiary/aromatic N) is 3. The van der Waals surface area contributed by atoms with Crippen LogP contribution < -0.4 is 15.8 Å². The number of nitrogens with one attached hydrogen (secondary N) is 2. The minimum Gasteiger partial charge on any atom is -0.408 e. The molecule has 1 atom stereocenters. The molecule has 0 amide bonds. The number of hydrogen-bond acceptors (Lipinski definition) is 8. The third kappa shape index (κ3) is 4.51. The fourth-order valence-corrected chi connectivity index (χ4v) is 6.07. The van der Waals surface area contributed by atoms with Crippen molar-refractivity contribution in [2.24, 2.45) is 0 Å². The van der Waals surface area contributed by atoms with Gasteiger partial charge in [-0.3, -0.25) is 9.29 Å². The Morgan fingerprint density at radius 1 is 1.29 bits per heavy atom. The van der Waals surface area contributed by atoms with Crippen LogP contribution in [0.2, 0.25) is 0 Å². The summed E-state index contributed by atoms with van der Waals surface area (Å²) in [6, 6.07) is 9.34. The maximum Gasteiger partial charge on any atom is 0.420 e. The van der Waals surface area contributed by atoms with E-state index in [9.17, 15) is 13.2 Å². The topological polar surface area (TPSA) is 119 Å². The van der Waals surface area contributed by atoms with Crippen LogP contribution in [0.1, 0.15) is 36.9 Å². The number of halogens is 1. The lowest BCUT2D eigenvalue weighted by atomic mass is 9.92. The first-order valence-corrected chi connectivity index (χ1v) is 13.2. The van der Waals surface area contributed by atoms with Gasteiger partial charge in [-0.15, -0.1) is 0 Å². The van der Waals surface area contributed by atoms with Crippen molar-refractivity contribution in [1.29, 1.82) is 0 Å². The van der Waals surface area contributed by atoms with Crippen molar-refractivity contribution in [2.75, 3.05) is 17.8 Å². The van der Waals surface area contributed by atoms with E-state index in [0.717, 1.165) is 60.7 Å². The number of benzene rings is 2. The molecular weight excluding hydrogens is 493 g/mol. The van der Waals surface area contributed by atoms with Crippen molar-refractivity contribution in [3.05, 3.63) is 76.3 Å². The number of sulfonamides is 1. The first kappa shape index (κ1) is 23.4. The van der Waals surface area contributed by atoms with Crippen molar-refractivity contribution < 1.29 is 17.2 Å². The number of oxazole rings is 1. The van der Waals surface area contributed by atoms with Gasteiger partial charge in [-0.25, -0.2) is 22.6 Å². The predicted molar refractivity (Wildman–Crippen MR) is 131 cm³/mol. The van der Waals surface area contributed by atoms with Gasteiger partial charge in [-0.2, -0.15) is 4.37 Å². The molecule has 2 aromatic heterocycles. The molecule has 0 bridgehead atoms. The van der Waals surface area contributed by atoms with Crippen molar-refractivity contribution in [2.45, 2.75) is 30.7 Å². The Morgan fingerprint density at radius 3 is 2.91 bits per heavy atom. The standard InChI is InChI=1S/C23H22FN5O4S2/c1-14(16-6-2-3-7-17(16)15-5-4-9-25-10-8-15)29-19-11-18(24)21(12-20(19)33-23(29)30)35(31,32)28-22-26-13-27-34-22/h2-3,6-8,11-14,25H,4-5,9-10H2,1H3,(H,26,27,28). The number of rotatable bonds is 6. The molecule has 9 nitrogen and oxygen atoms in total. The van der Waals surface area contributed by atoms with Gasteiger partial charge in [0.15, 0.2) is 5.58 Å². The Morgan fingerprint density at radius 2 is 2.11 bits per heavy atom. The normalized spacial score (nSPS) is 15.5. The van der Waals surface area contributed by atoms with E-state index < -0.39 is 32.5 Å². The number of hydrogen-bond donors (Lipinski definition) is 2. The molecule has 4 aromatic rings. The van der Waals surface area contributed by atoms with Crippen LogP contribution in [0.3, 0.4) is 0 Å². The minimum absolute atomic E-state index is 0.00299. The summed E-state index contributed by atoms with van der Waals surface area (Å²) in [5, 5.41) is 3.34. The summed E-state index contributed by atoms with van der Waals surface area (Å²) in [7, 11) is -4.31. The SMILES string of the molecule is CC(c1ccccc1C1=CCNCCC1)n1c(=O)oc2cc(S(=O)(=O)Nc3ncns3)c(F)cc21. The van der Waals surface area contributed by atoms with Crippen LogP contribution in [0.4, 0.5) is 9.52 Å². The number of aromatic nitrogens is 3. The fourth-order valence-electron chi connectivity index (χ4n) is 4.34. The smallest absolute Gasteiger partial charge is 0.408 e. The Balaban J connectivity index is 1.58. The molecule has 35 heavy (non-hydrogen) atoms. The van der Waals surface area contributed by atoms with Gasteiger partial charge in [-0.05, 0) is 43.0 Å². The summed E-state index contributed by atoms with van der Waals surface area (Å²) >= 11 is 0.816. The molecular formula is C23H22FN5O4S2. The second-order valence-corrected chi connectivity index (χ2v) is 10.6. The van der Waals surface area contributed by atoms with Crippen molar-refractivity contribution in [3.63, 3.8) is 0 Å². The van der Waals surface area contributed by atoms with Gasteiger partial charge < -0.3 is 9.73 Å². The predicted octanol–water partition coefficient (Wildman–Crippen LogP) is 3.76. The molecule has 182 valence electrons. The maximum absolute atomic E-state index is 15.1. The summed E-state index contributed by atoms with van der Waals surface area (Å²) in [6.07, 6.45) is 5.23. The summed E-state index contributed by atoms with van der Waals surface area (Å²) in [6.45, 7) is 3.53. The van der Waals surface area contributed by atoms with Gasteiger partial charge in [0, 0.05) is 30.2 Å². The van der Waals surface area contributed by atoms with Crippen LogP contribution in [-0.2, 0) is 10.0 Å². The molecule has 0 saturated carbocycles. The highest BCUT2D eigenvalue weighted by molar-refractivity contribution is 7.93. The largest absolute Gasteiger partial charge is 0.420 e. The lowest BCUT2D eigenvalue weighted by Crippen LogP contribution is -2.20. The summed E-state index contributed by atoms with van der Waals surface area (Å²) in [5.74, 6) is -1.72. The number of anilines is 1. The van der Waals surface area contributed by atoms with Crippen LogP contribution in [0, 0.1) is 5.82 Å². The molecule has 1 aliphatic rings. The van der Waals surface area contributed by atoms with E-state index in [1.165, 1.54) is 16.5 Å². The lowest BCUT2D eigenvalue weighted by molar-refractivity contribution is 0.489. The number of fused-ring (bicyclic) bond motifs is 1. The molecule has 1 unspecified atom stereocenters. The van der Waals surface area contributed by atoms with Gasteiger partial charge in [0.25, 0.3) is 10.0 Å². The fraction of sp³-hybridized carbons (Fsp3) is 0.261. The van der Waals surface area contributed by atoms with Gasteiger partial charge >= 0.3 is 5.76 Å². The van der Waals surface area contributed by atoms with Crippen LogP contribution in [0.25, 0.3) is 16.7 Å². The molecule has 12 heteroatoms. The van der Waals surface area contributed by atoms with Gasteiger partial charge in [0.1, 0.15) is 17.0 Å².